The number of pyridine rings is 1. The number of hydrogen-bond acceptors (Lipinski definition) is 3. The lowest BCUT2D eigenvalue weighted by molar-refractivity contribution is 0.149. The minimum atomic E-state index is 0.698. The molecule has 0 amide bonds. The highest BCUT2D eigenvalue weighted by Gasteiger charge is 2.29. The second kappa shape index (κ2) is 8.50. The van der Waals surface area contributed by atoms with Crippen LogP contribution < -0.4 is 5.32 Å². The molecule has 1 aliphatic carbocycles. The zero-order valence-corrected chi connectivity index (χ0v) is 13.9. The van der Waals surface area contributed by atoms with Crippen molar-refractivity contribution in [1.82, 2.24) is 15.2 Å². The van der Waals surface area contributed by atoms with E-state index in [1.165, 1.54) is 37.9 Å². The Bertz CT molecular complexity index is 393. The molecule has 3 heteroatoms. The molecule has 1 fully saturated rings. The Labute approximate surface area is 130 Å². The molecule has 3 nitrogen and oxygen atoms in total. The fourth-order valence-electron chi connectivity index (χ4n) is 3.70. The molecule has 0 aromatic carbocycles. The molecule has 1 aliphatic rings. The molecule has 2 rings (SSSR count). The molecule has 118 valence electrons. The first-order chi connectivity index (χ1) is 10.2. The van der Waals surface area contributed by atoms with Gasteiger partial charge in [0.05, 0.1) is 5.69 Å². The predicted octanol–water partition coefficient (Wildman–Crippen LogP) is 3.32. The third-order valence-corrected chi connectivity index (χ3v) is 4.84. The molecule has 0 radical (unpaired) electrons. The number of aromatic nitrogens is 1. The van der Waals surface area contributed by atoms with Crippen LogP contribution in [0.3, 0.4) is 0 Å². The maximum absolute atomic E-state index is 4.44. The summed E-state index contributed by atoms with van der Waals surface area (Å²) in [5.41, 5.74) is 1.17. The van der Waals surface area contributed by atoms with Crippen LogP contribution in [-0.2, 0) is 6.54 Å². The van der Waals surface area contributed by atoms with Gasteiger partial charge >= 0.3 is 0 Å². The summed E-state index contributed by atoms with van der Waals surface area (Å²) in [5, 5.41) is 3.71. The Balaban J connectivity index is 1.90. The van der Waals surface area contributed by atoms with Crippen molar-refractivity contribution in [3.05, 3.63) is 30.1 Å². The van der Waals surface area contributed by atoms with E-state index >= 15 is 0 Å². The zero-order valence-electron chi connectivity index (χ0n) is 13.9. The maximum atomic E-state index is 4.44. The van der Waals surface area contributed by atoms with Crippen molar-refractivity contribution in [2.45, 2.75) is 52.1 Å². The normalized spacial score (nSPS) is 26.2. The van der Waals surface area contributed by atoms with E-state index in [1.807, 2.05) is 12.3 Å². The van der Waals surface area contributed by atoms with Crippen LogP contribution in [-0.4, -0.2) is 36.1 Å². The van der Waals surface area contributed by atoms with Crippen LogP contribution in [0.1, 0.15) is 45.2 Å². The largest absolute Gasteiger partial charge is 0.314 e. The van der Waals surface area contributed by atoms with Crippen LogP contribution in [0.2, 0.25) is 0 Å². The highest BCUT2D eigenvalue weighted by atomic mass is 15.1. The van der Waals surface area contributed by atoms with E-state index in [2.05, 4.69) is 48.2 Å². The fourth-order valence-corrected chi connectivity index (χ4v) is 3.70. The second-order valence-corrected chi connectivity index (χ2v) is 6.53. The van der Waals surface area contributed by atoms with Crippen molar-refractivity contribution in [2.75, 3.05) is 20.1 Å². The van der Waals surface area contributed by atoms with Gasteiger partial charge in [0.15, 0.2) is 0 Å². The maximum Gasteiger partial charge on any atom is 0.0543 e. The van der Waals surface area contributed by atoms with E-state index < -0.39 is 0 Å². The van der Waals surface area contributed by atoms with Gasteiger partial charge in [0.1, 0.15) is 0 Å². The van der Waals surface area contributed by atoms with Crippen LogP contribution in [0.25, 0.3) is 0 Å². The molecule has 21 heavy (non-hydrogen) atoms. The summed E-state index contributed by atoms with van der Waals surface area (Å²) in [4.78, 5) is 6.88. The van der Waals surface area contributed by atoms with Crippen LogP contribution in [0, 0.1) is 11.8 Å². The smallest absolute Gasteiger partial charge is 0.0543 e. The average Bonchev–Trinajstić information content (AvgIpc) is 2.50. The van der Waals surface area contributed by atoms with Crippen LogP contribution >= 0.6 is 0 Å². The van der Waals surface area contributed by atoms with Gasteiger partial charge in [-0.15, -0.1) is 0 Å². The van der Waals surface area contributed by atoms with Crippen molar-refractivity contribution in [3.63, 3.8) is 0 Å². The van der Waals surface area contributed by atoms with Gasteiger partial charge in [0, 0.05) is 25.3 Å². The van der Waals surface area contributed by atoms with E-state index in [0.29, 0.717) is 6.04 Å². The fraction of sp³-hybridized carbons (Fsp3) is 0.722. The van der Waals surface area contributed by atoms with Crippen LogP contribution in [0.15, 0.2) is 24.4 Å². The molecule has 0 bridgehead atoms. The molecule has 0 aliphatic heterocycles. The molecule has 1 aromatic heterocycles. The summed E-state index contributed by atoms with van der Waals surface area (Å²) in [6, 6.07) is 6.88. The predicted molar refractivity (Wildman–Crippen MR) is 89.2 cm³/mol. The zero-order chi connectivity index (χ0) is 15.1. The first kappa shape index (κ1) is 16.4. The van der Waals surface area contributed by atoms with Gasteiger partial charge in [-0.2, -0.15) is 0 Å². The van der Waals surface area contributed by atoms with Crippen LogP contribution in [0.4, 0.5) is 0 Å². The monoisotopic (exact) mass is 289 g/mol. The first-order valence-corrected chi connectivity index (χ1v) is 8.54. The summed E-state index contributed by atoms with van der Waals surface area (Å²) in [7, 11) is 2.23. The third-order valence-electron chi connectivity index (χ3n) is 4.84. The second-order valence-electron chi connectivity index (χ2n) is 6.53. The van der Waals surface area contributed by atoms with Gasteiger partial charge in [-0.1, -0.05) is 26.3 Å². The van der Waals surface area contributed by atoms with Gasteiger partial charge in [-0.3, -0.25) is 4.98 Å². The van der Waals surface area contributed by atoms with E-state index in [1.54, 1.807) is 0 Å². The van der Waals surface area contributed by atoms with Gasteiger partial charge in [-0.25, -0.2) is 0 Å². The number of nitrogens with one attached hydrogen (secondary N) is 1. The van der Waals surface area contributed by atoms with Crippen molar-refractivity contribution >= 4 is 0 Å². The van der Waals surface area contributed by atoms with Crippen molar-refractivity contribution in [2.24, 2.45) is 11.8 Å². The van der Waals surface area contributed by atoms with E-state index in [0.717, 1.165) is 24.9 Å². The van der Waals surface area contributed by atoms with Gasteiger partial charge < -0.3 is 10.2 Å². The molecule has 3 unspecified atom stereocenters. The summed E-state index contributed by atoms with van der Waals surface area (Å²) in [6.45, 7) is 7.77. The molecule has 1 N–H and O–H groups in total. The quantitative estimate of drug-likeness (QED) is 0.834. The topological polar surface area (TPSA) is 28.2 Å². The molecule has 1 aromatic rings. The molecule has 1 saturated carbocycles. The Kier molecular flexibility index (Phi) is 6.65. The summed E-state index contributed by atoms with van der Waals surface area (Å²) in [6.07, 6.45) is 7.33. The van der Waals surface area contributed by atoms with Crippen molar-refractivity contribution in [1.29, 1.82) is 0 Å². The Hall–Kier alpha value is -0.930. The van der Waals surface area contributed by atoms with Crippen LogP contribution in [0.5, 0.6) is 0 Å². The lowest BCUT2D eigenvalue weighted by Gasteiger charge is -2.38. The number of hydrogen-bond donors (Lipinski definition) is 1. The number of nitrogens with zero attached hydrogens (tertiary/aromatic N) is 2. The highest BCUT2D eigenvalue weighted by Crippen LogP contribution is 2.32. The molecule has 0 spiro atoms. The highest BCUT2D eigenvalue weighted by molar-refractivity contribution is 5.03. The molecular weight excluding hydrogens is 258 g/mol. The van der Waals surface area contributed by atoms with E-state index in [-0.39, 0.29) is 0 Å². The average molecular weight is 289 g/mol. The third kappa shape index (κ3) is 5.08. The Morgan fingerprint density at radius 1 is 1.29 bits per heavy atom. The van der Waals surface area contributed by atoms with Crippen molar-refractivity contribution < 1.29 is 0 Å². The van der Waals surface area contributed by atoms with Crippen molar-refractivity contribution in [3.8, 4) is 0 Å². The molecule has 0 saturated heterocycles. The summed E-state index contributed by atoms with van der Waals surface area (Å²) in [5.74, 6) is 1.70. The lowest BCUT2D eigenvalue weighted by Crippen LogP contribution is -2.45. The first-order valence-electron chi connectivity index (χ1n) is 8.54. The minimum absolute atomic E-state index is 0.698. The van der Waals surface area contributed by atoms with E-state index in [9.17, 15) is 0 Å². The number of rotatable bonds is 7. The Morgan fingerprint density at radius 2 is 2.14 bits per heavy atom. The lowest BCUT2D eigenvalue weighted by atomic mass is 9.76. The van der Waals surface area contributed by atoms with E-state index in [4.69, 9.17) is 0 Å². The SMILES string of the molecule is CCNC1CCC(CC)CC1CN(C)Cc1ccccn1. The summed E-state index contributed by atoms with van der Waals surface area (Å²) < 4.78 is 0. The molecular formula is C18H31N3. The van der Waals surface area contributed by atoms with Gasteiger partial charge in [0.2, 0.25) is 0 Å². The van der Waals surface area contributed by atoms with Gasteiger partial charge in [0.25, 0.3) is 0 Å². The summed E-state index contributed by atoms with van der Waals surface area (Å²) >= 11 is 0. The molecule has 1 heterocycles. The Morgan fingerprint density at radius 3 is 2.81 bits per heavy atom. The van der Waals surface area contributed by atoms with Gasteiger partial charge in [-0.05, 0) is 56.8 Å². The molecule has 3 atom stereocenters. The minimum Gasteiger partial charge on any atom is -0.314 e. The standard InChI is InChI=1S/C18H31N3/c1-4-15-9-10-18(19-5-2)16(12-15)13-21(3)14-17-8-6-7-11-20-17/h6-8,11,15-16,18-19H,4-5,9-10,12-14H2,1-3H3.